The molecule has 0 bridgehead atoms. The van der Waals surface area contributed by atoms with Gasteiger partial charge in [0.25, 0.3) is 0 Å². The smallest absolute Gasteiger partial charge is 0.241 e. The third-order valence-corrected chi connectivity index (χ3v) is 3.56. The van der Waals surface area contributed by atoms with Gasteiger partial charge in [0.2, 0.25) is 11.8 Å². The van der Waals surface area contributed by atoms with Crippen LogP contribution in [0.3, 0.4) is 0 Å². The standard InChI is InChI=1S/C11H19N3O2/c12-10(15)9-7-13-5-6-14(9)11(16)8-3-1-2-4-8/h8-9,13H,1-7H2,(H2,12,15). The van der Waals surface area contributed by atoms with Crippen LogP contribution in [0.2, 0.25) is 0 Å². The third kappa shape index (κ3) is 2.19. The molecule has 1 aliphatic heterocycles. The number of hydrogen-bond donors (Lipinski definition) is 2. The highest BCUT2D eigenvalue weighted by Gasteiger charge is 2.35. The van der Waals surface area contributed by atoms with Crippen molar-refractivity contribution in [3.05, 3.63) is 0 Å². The minimum atomic E-state index is -0.457. The Balaban J connectivity index is 2.04. The molecule has 2 fully saturated rings. The fourth-order valence-corrected chi connectivity index (χ4v) is 2.63. The Hall–Kier alpha value is -1.10. The predicted molar refractivity (Wildman–Crippen MR) is 59.5 cm³/mol. The molecular formula is C11H19N3O2. The summed E-state index contributed by atoms with van der Waals surface area (Å²) in [5.74, 6) is -0.152. The number of nitrogens with two attached hydrogens (primary N) is 1. The quantitative estimate of drug-likeness (QED) is 0.663. The molecule has 5 nitrogen and oxygen atoms in total. The molecule has 1 atom stereocenters. The number of piperazine rings is 1. The lowest BCUT2D eigenvalue weighted by Gasteiger charge is -2.35. The van der Waals surface area contributed by atoms with E-state index in [1.54, 1.807) is 4.90 Å². The molecule has 2 aliphatic rings. The van der Waals surface area contributed by atoms with E-state index in [4.69, 9.17) is 5.73 Å². The first-order valence-corrected chi connectivity index (χ1v) is 6.00. The molecule has 0 radical (unpaired) electrons. The summed E-state index contributed by atoms with van der Waals surface area (Å²) in [7, 11) is 0. The zero-order valence-corrected chi connectivity index (χ0v) is 9.45. The van der Waals surface area contributed by atoms with Gasteiger partial charge in [0.05, 0.1) is 0 Å². The van der Waals surface area contributed by atoms with Crippen LogP contribution in [0.1, 0.15) is 25.7 Å². The van der Waals surface area contributed by atoms with Crippen LogP contribution in [0, 0.1) is 5.92 Å². The lowest BCUT2D eigenvalue weighted by Crippen LogP contribution is -2.59. The molecule has 0 aromatic carbocycles. The van der Waals surface area contributed by atoms with Crippen molar-refractivity contribution in [3.8, 4) is 0 Å². The molecule has 0 spiro atoms. The third-order valence-electron chi connectivity index (χ3n) is 3.56. The first kappa shape index (κ1) is 11.4. The lowest BCUT2D eigenvalue weighted by molar-refractivity contribution is -0.143. The average Bonchev–Trinajstić information content (AvgIpc) is 2.81. The second kappa shape index (κ2) is 4.82. The van der Waals surface area contributed by atoms with E-state index < -0.39 is 11.9 Å². The van der Waals surface area contributed by atoms with Crippen molar-refractivity contribution in [1.82, 2.24) is 10.2 Å². The van der Waals surface area contributed by atoms with Crippen molar-refractivity contribution in [2.75, 3.05) is 19.6 Å². The highest BCUT2D eigenvalue weighted by atomic mass is 16.2. The Kier molecular flexibility index (Phi) is 3.43. The van der Waals surface area contributed by atoms with Crippen LogP contribution in [0.4, 0.5) is 0 Å². The molecule has 0 aromatic rings. The van der Waals surface area contributed by atoms with E-state index in [2.05, 4.69) is 5.32 Å². The van der Waals surface area contributed by atoms with Crippen molar-refractivity contribution < 1.29 is 9.59 Å². The number of nitrogens with zero attached hydrogens (tertiary/aromatic N) is 1. The Morgan fingerprint density at radius 1 is 1.25 bits per heavy atom. The van der Waals surface area contributed by atoms with Crippen LogP contribution in [0.5, 0.6) is 0 Å². The maximum Gasteiger partial charge on any atom is 0.241 e. The van der Waals surface area contributed by atoms with Gasteiger partial charge in [0.15, 0.2) is 0 Å². The molecule has 2 amide bonds. The molecule has 3 N–H and O–H groups in total. The van der Waals surface area contributed by atoms with Gasteiger partial charge in [-0.2, -0.15) is 0 Å². The Bertz CT molecular complexity index is 287. The number of rotatable bonds is 2. The predicted octanol–water partition coefficient (Wildman–Crippen LogP) is -0.538. The summed E-state index contributed by atoms with van der Waals surface area (Å²) in [5, 5.41) is 3.10. The minimum absolute atomic E-state index is 0.125. The van der Waals surface area contributed by atoms with Gasteiger partial charge in [0.1, 0.15) is 6.04 Å². The second-order valence-corrected chi connectivity index (χ2v) is 4.64. The van der Waals surface area contributed by atoms with Crippen molar-refractivity contribution >= 4 is 11.8 Å². The summed E-state index contributed by atoms with van der Waals surface area (Å²) in [4.78, 5) is 25.2. The summed E-state index contributed by atoms with van der Waals surface area (Å²) in [6.45, 7) is 1.85. The highest BCUT2D eigenvalue weighted by molar-refractivity contribution is 5.88. The Labute approximate surface area is 95.3 Å². The monoisotopic (exact) mass is 225 g/mol. The van der Waals surface area contributed by atoms with E-state index >= 15 is 0 Å². The molecule has 16 heavy (non-hydrogen) atoms. The number of carbonyl (C=O) groups is 2. The molecule has 1 saturated heterocycles. The molecule has 1 saturated carbocycles. The maximum atomic E-state index is 12.2. The van der Waals surface area contributed by atoms with Gasteiger partial charge in [-0.05, 0) is 12.8 Å². The molecule has 0 aromatic heterocycles. The molecule has 1 aliphatic carbocycles. The average molecular weight is 225 g/mol. The summed E-state index contributed by atoms with van der Waals surface area (Å²) in [6, 6.07) is -0.457. The van der Waals surface area contributed by atoms with Crippen molar-refractivity contribution in [1.29, 1.82) is 0 Å². The maximum absolute atomic E-state index is 12.2. The van der Waals surface area contributed by atoms with Gasteiger partial charge >= 0.3 is 0 Å². The molecular weight excluding hydrogens is 206 g/mol. The number of carbonyl (C=O) groups excluding carboxylic acids is 2. The summed E-state index contributed by atoms with van der Waals surface area (Å²) in [6.07, 6.45) is 4.19. The van der Waals surface area contributed by atoms with E-state index in [1.165, 1.54) is 0 Å². The first-order chi connectivity index (χ1) is 7.70. The summed E-state index contributed by atoms with van der Waals surface area (Å²) in [5.41, 5.74) is 5.32. The fourth-order valence-electron chi connectivity index (χ4n) is 2.63. The summed E-state index contributed by atoms with van der Waals surface area (Å²) < 4.78 is 0. The number of primary amides is 1. The van der Waals surface area contributed by atoms with E-state index in [-0.39, 0.29) is 11.8 Å². The van der Waals surface area contributed by atoms with Crippen molar-refractivity contribution in [2.45, 2.75) is 31.7 Å². The van der Waals surface area contributed by atoms with Crippen LogP contribution in [0.25, 0.3) is 0 Å². The van der Waals surface area contributed by atoms with Crippen LogP contribution in [-0.2, 0) is 9.59 Å². The zero-order chi connectivity index (χ0) is 11.5. The molecule has 5 heteroatoms. The molecule has 2 rings (SSSR count). The van der Waals surface area contributed by atoms with Crippen LogP contribution >= 0.6 is 0 Å². The van der Waals surface area contributed by atoms with Gasteiger partial charge in [-0.1, -0.05) is 12.8 Å². The van der Waals surface area contributed by atoms with Gasteiger partial charge in [-0.15, -0.1) is 0 Å². The van der Waals surface area contributed by atoms with Crippen LogP contribution in [-0.4, -0.2) is 42.4 Å². The Morgan fingerprint density at radius 3 is 2.56 bits per heavy atom. The molecule has 1 heterocycles. The van der Waals surface area contributed by atoms with E-state index in [0.717, 1.165) is 32.2 Å². The molecule has 1 unspecified atom stereocenters. The number of nitrogens with one attached hydrogen (secondary N) is 1. The van der Waals surface area contributed by atoms with Gasteiger partial charge in [-0.3, -0.25) is 9.59 Å². The molecule has 90 valence electrons. The SMILES string of the molecule is NC(=O)C1CNCCN1C(=O)C1CCCC1. The normalized spacial score (nSPS) is 27.0. The van der Waals surface area contributed by atoms with Crippen molar-refractivity contribution in [2.24, 2.45) is 11.7 Å². The van der Waals surface area contributed by atoms with E-state index in [9.17, 15) is 9.59 Å². The minimum Gasteiger partial charge on any atom is -0.368 e. The fraction of sp³-hybridized carbons (Fsp3) is 0.818. The van der Waals surface area contributed by atoms with Crippen molar-refractivity contribution in [3.63, 3.8) is 0 Å². The second-order valence-electron chi connectivity index (χ2n) is 4.64. The zero-order valence-electron chi connectivity index (χ0n) is 9.45. The lowest BCUT2D eigenvalue weighted by atomic mass is 10.0. The van der Waals surface area contributed by atoms with E-state index in [0.29, 0.717) is 13.1 Å². The largest absolute Gasteiger partial charge is 0.368 e. The summed E-state index contributed by atoms with van der Waals surface area (Å²) >= 11 is 0. The number of hydrogen-bond acceptors (Lipinski definition) is 3. The first-order valence-electron chi connectivity index (χ1n) is 6.00. The Morgan fingerprint density at radius 2 is 1.94 bits per heavy atom. The van der Waals surface area contributed by atoms with Gasteiger partial charge < -0.3 is 16.0 Å². The van der Waals surface area contributed by atoms with Crippen LogP contribution < -0.4 is 11.1 Å². The topological polar surface area (TPSA) is 75.4 Å². The van der Waals surface area contributed by atoms with Gasteiger partial charge in [-0.25, -0.2) is 0 Å². The highest BCUT2D eigenvalue weighted by Crippen LogP contribution is 2.27. The van der Waals surface area contributed by atoms with E-state index in [1.807, 2.05) is 0 Å². The van der Waals surface area contributed by atoms with Crippen LogP contribution in [0.15, 0.2) is 0 Å². The number of amides is 2. The van der Waals surface area contributed by atoms with Gasteiger partial charge in [0, 0.05) is 25.6 Å².